The van der Waals surface area contributed by atoms with E-state index in [1.54, 1.807) is 12.1 Å². The molecule has 0 saturated heterocycles. The molecule has 0 aliphatic rings. The molecule has 4 rings (SSSR count). The lowest BCUT2D eigenvalue weighted by Gasteiger charge is -1.97. The second-order valence-electron chi connectivity index (χ2n) is 6.77. The van der Waals surface area contributed by atoms with Gasteiger partial charge in [-0.15, -0.1) is 12.4 Å². The maximum Gasteiger partial charge on any atom is 0.135 e. The van der Waals surface area contributed by atoms with Crippen molar-refractivity contribution in [1.29, 1.82) is 10.8 Å². The second kappa shape index (κ2) is 7.48. The van der Waals surface area contributed by atoms with Crippen LogP contribution in [0, 0.1) is 24.7 Å². The number of nitrogen functional groups attached to an aromatic ring is 2. The fourth-order valence-corrected chi connectivity index (χ4v) is 3.28. The van der Waals surface area contributed by atoms with E-state index in [1.807, 2.05) is 50.3 Å². The number of nitrogens with one attached hydrogen (secondary N) is 2. The van der Waals surface area contributed by atoms with Gasteiger partial charge in [0.2, 0.25) is 0 Å². The molecule has 2 heterocycles. The molecule has 0 radical (unpaired) electrons. The van der Waals surface area contributed by atoms with Crippen LogP contribution in [-0.4, -0.2) is 11.7 Å². The SMILES string of the molecule is Cc1c(/C=C/c2oc3ccc(C(=N)N)cc3c2C)oc2ccc(C(=N)N)cc12.Cl. The van der Waals surface area contributed by atoms with Gasteiger partial charge in [0.25, 0.3) is 0 Å². The van der Waals surface area contributed by atoms with Crippen molar-refractivity contribution < 1.29 is 8.83 Å². The summed E-state index contributed by atoms with van der Waals surface area (Å²) in [5, 5.41) is 17.1. The summed E-state index contributed by atoms with van der Waals surface area (Å²) in [5.41, 5.74) is 15.9. The maximum atomic E-state index is 7.60. The Hall–Kier alpha value is -3.51. The fourth-order valence-electron chi connectivity index (χ4n) is 3.28. The first-order chi connectivity index (χ1) is 13.3. The number of benzene rings is 2. The van der Waals surface area contributed by atoms with Gasteiger partial charge >= 0.3 is 0 Å². The minimum Gasteiger partial charge on any atom is -0.456 e. The lowest BCUT2D eigenvalue weighted by atomic mass is 10.1. The van der Waals surface area contributed by atoms with Crippen LogP contribution in [0.2, 0.25) is 0 Å². The van der Waals surface area contributed by atoms with Crippen molar-refractivity contribution in [2.24, 2.45) is 11.5 Å². The number of rotatable bonds is 4. The molecule has 0 saturated carbocycles. The van der Waals surface area contributed by atoms with Crippen molar-refractivity contribution in [3.05, 3.63) is 70.2 Å². The molecule has 7 heteroatoms. The summed E-state index contributed by atoms with van der Waals surface area (Å²) >= 11 is 0. The van der Waals surface area contributed by atoms with Crippen LogP contribution in [0.1, 0.15) is 33.8 Å². The lowest BCUT2D eigenvalue weighted by molar-refractivity contribution is 0.596. The molecular weight excluding hydrogens is 388 g/mol. The number of hydrogen-bond donors (Lipinski definition) is 4. The largest absolute Gasteiger partial charge is 0.456 e. The van der Waals surface area contributed by atoms with Gasteiger partial charge in [-0.1, -0.05) is 0 Å². The van der Waals surface area contributed by atoms with Crippen molar-refractivity contribution in [3.8, 4) is 0 Å². The summed E-state index contributed by atoms with van der Waals surface area (Å²) in [4.78, 5) is 0. The fraction of sp³-hybridized carbons (Fsp3) is 0.0909. The van der Waals surface area contributed by atoms with Gasteiger partial charge in [0.1, 0.15) is 34.4 Å². The molecule has 6 N–H and O–H groups in total. The van der Waals surface area contributed by atoms with Crippen LogP contribution in [0.5, 0.6) is 0 Å². The van der Waals surface area contributed by atoms with Gasteiger partial charge in [-0.3, -0.25) is 10.8 Å². The average molecular weight is 409 g/mol. The van der Waals surface area contributed by atoms with Gasteiger partial charge < -0.3 is 20.3 Å². The van der Waals surface area contributed by atoms with E-state index in [9.17, 15) is 0 Å². The van der Waals surface area contributed by atoms with E-state index in [-0.39, 0.29) is 24.1 Å². The Balaban J connectivity index is 0.00000240. The second-order valence-corrected chi connectivity index (χ2v) is 6.77. The molecule has 6 nitrogen and oxygen atoms in total. The molecule has 2 aromatic carbocycles. The first-order valence-corrected chi connectivity index (χ1v) is 8.78. The minimum atomic E-state index is 0. The summed E-state index contributed by atoms with van der Waals surface area (Å²) in [5.74, 6) is 1.50. The number of amidine groups is 2. The van der Waals surface area contributed by atoms with Crippen LogP contribution < -0.4 is 11.5 Å². The minimum absolute atomic E-state index is 0. The topological polar surface area (TPSA) is 126 Å². The number of furan rings is 2. The summed E-state index contributed by atoms with van der Waals surface area (Å²) in [6, 6.07) is 10.9. The molecule has 0 bridgehead atoms. The Morgan fingerprint density at radius 3 is 1.48 bits per heavy atom. The summed E-state index contributed by atoms with van der Waals surface area (Å²) in [6.07, 6.45) is 3.75. The highest BCUT2D eigenvalue weighted by atomic mass is 35.5. The number of halogens is 1. The lowest BCUT2D eigenvalue weighted by Crippen LogP contribution is -2.10. The zero-order valence-electron chi connectivity index (χ0n) is 16.0. The smallest absolute Gasteiger partial charge is 0.135 e. The molecular formula is C22H21ClN4O2. The Kier molecular flexibility index (Phi) is 5.22. The third-order valence-corrected chi connectivity index (χ3v) is 4.95. The average Bonchev–Trinajstić information content (AvgIpc) is 3.16. The van der Waals surface area contributed by atoms with Gasteiger partial charge in [-0.2, -0.15) is 0 Å². The standard InChI is InChI=1S/C22H20N4O2.ClH/c1-11-15-9-13(21(23)24)3-5-19(15)27-17(11)7-8-18-12(2)16-10-14(22(25)26)4-6-20(16)28-18;/h3-10H,1-2H3,(H3,23,24)(H3,25,26);1H/b8-7+;. The van der Waals surface area contributed by atoms with Crippen LogP contribution in [-0.2, 0) is 0 Å². The van der Waals surface area contributed by atoms with Gasteiger partial charge in [-0.25, -0.2) is 0 Å². The van der Waals surface area contributed by atoms with Crippen LogP contribution in [0.15, 0.2) is 45.2 Å². The molecule has 0 aliphatic heterocycles. The number of nitrogens with two attached hydrogens (primary N) is 2. The highest BCUT2D eigenvalue weighted by Crippen LogP contribution is 2.30. The predicted molar refractivity (Wildman–Crippen MR) is 120 cm³/mol. The van der Waals surface area contributed by atoms with E-state index in [4.69, 9.17) is 31.1 Å². The van der Waals surface area contributed by atoms with E-state index in [2.05, 4.69) is 0 Å². The number of fused-ring (bicyclic) bond motifs is 2. The normalized spacial score (nSPS) is 11.2. The Labute approximate surface area is 173 Å². The van der Waals surface area contributed by atoms with Crippen molar-refractivity contribution >= 4 is 58.2 Å². The molecule has 0 fully saturated rings. The third-order valence-electron chi connectivity index (χ3n) is 4.95. The molecule has 4 aromatic rings. The van der Waals surface area contributed by atoms with E-state index in [0.29, 0.717) is 11.1 Å². The predicted octanol–water partition coefficient (Wildman–Crippen LogP) is 4.96. The van der Waals surface area contributed by atoms with Crippen LogP contribution in [0.4, 0.5) is 0 Å². The van der Waals surface area contributed by atoms with E-state index >= 15 is 0 Å². The molecule has 0 amide bonds. The Morgan fingerprint density at radius 2 is 1.14 bits per heavy atom. The first-order valence-electron chi connectivity index (χ1n) is 8.78. The number of hydrogen-bond acceptors (Lipinski definition) is 4. The number of aryl methyl sites for hydroxylation is 2. The Morgan fingerprint density at radius 1 is 0.759 bits per heavy atom. The van der Waals surface area contributed by atoms with Crippen molar-refractivity contribution in [3.63, 3.8) is 0 Å². The van der Waals surface area contributed by atoms with Gasteiger partial charge in [-0.05, 0) is 62.4 Å². The van der Waals surface area contributed by atoms with E-state index in [0.717, 1.165) is 44.6 Å². The van der Waals surface area contributed by atoms with E-state index in [1.165, 1.54) is 0 Å². The van der Waals surface area contributed by atoms with Crippen LogP contribution >= 0.6 is 12.4 Å². The van der Waals surface area contributed by atoms with Crippen LogP contribution in [0.25, 0.3) is 34.1 Å². The maximum absolute atomic E-state index is 7.60. The monoisotopic (exact) mass is 408 g/mol. The highest BCUT2D eigenvalue weighted by Gasteiger charge is 2.12. The van der Waals surface area contributed by atoms with Crippen molar-refractivity contribution in [2.75, 3.05) is 0 Å². The molecule has 29 heavy (non-hydrogen) atoms. The van der Waals surface area contributed by atoms with Crippen molar-refractivity contribution in [1.82, 2.24) is 0 Å². The van der Waals surface area contributed by atoms with E-state index < -0.39 is 0 Å². The summed E-state index contributed by atoms with van der Waals surface area (Å²) in [7, 11) is 0. The van der Waals surface area contributed by atoms with Crippen LogP contribution in [0.3, 0.4) is 0 Å². The van der Waals surface area contributed by atoms with Gasteiger partial charge in [0.15, 0.2) is 0 Å². The molecule has 0 atom stereocenters. The molecule has 2 aromatic heterocycles. The molecule has 148 valence electrons. The quantitative estimate of drug-likeness (QED) is 0.281. The highest BCUT2D eigenvalue weighted by molar-refractivity contribution is 6.00. The Bertz CT molecular complexity index is 1200. The van der Waals surface area contributed by atoms with Gasteiger partial charge in [0, 0.05) is 33.0 Å². The molecule has 0 aliphatic carbocycles. The summed E-state index contributed by atoms with van der Waals surface area (Å²) < 4.78 is 11.9. The first kappa shape index (κ1) is 20.2. The molecule has 0 spiro atoms. The zero-order chi connectivity index (χ0) is 20.0. The zero-order valence-corrected chi connectivity index (χ0v) is 16.8. The summed E-state index contributed by atoms with van der Waals surface area (Å²) in [6.45, 7) is 3.94. The molecule has 0 unspecified atom stereocenters. The van der Waals surface area contributed by atoms with Crippen molar-refractivity contribution in [2.45, 2.75) is 13.8 Å². The van der Waals surface area contributed by atoms with Gasteiger partial charge in [0.05, 0.1) is 0 Å². The third kappa shape index (κ3) is 3.50.